The molecule has 0 atom stereocenters. The van der Waals surface area contributed by atoms with Crippen LogP contribution in [0.4, 0.5) is 16.4 Å². The lowest BCUT2D eigenvalue weighted by Gasteiger charge is -2.19. The van der Waals surface area contributed by atoms with E-state index in [0.29, 0.717) is 17.3 Å². The molecule has 0 fully saturated rings. The Kier molecular flexibility index (Phi) is 5.99. The standard InChI is InChI=1S/C23H24N8O2/c1-15-5-8-17(9-6-15)31-21-18(13-28-31)20(25-14-26-21)30-27-12-16-7-10-19(24-11-16)29-22(32)33-23(2,3)4/h5-14H,1-4H3,(H,24,29,32)(H,25,26,30)/b27-12+. The minimum atomic E-state index is -0.578. The number of rotatable bonds is 5. The summed E-state index contributed by atoms with van der Waals surface area (Å²) in [5.41, 5.74) is 5.84. The van der Waals surface area contributed by atoms with E-state index in [1.807, 2.05) is 31.2 Å². The molecule has 0 unspecified atom stereocenters. The third-order valence-corrected chi connectivity index (χ3v) is 4.44. The molecule has 0 aliphatic heterocycles. The minimum absolute atomic E-state index is 0.385. The molecule has 4 rings (SSSR count). The van der Waals surface area contributed by atoms with Gasteiger partial charge in [0.25, 0.3) is 0 Å². The fraction of sp³-hybridized carbons (Fsp3) is 0.217. The van der Waals surface area contributed by atoms with E-state index < -0.39 is 11.7 Å². The maximum absolute atomic E-state index is 11.8. The van der Waals surface area contributed by atoms with Crippen molar-refractivity contribution in [3.05, 3.63) is 66.2 Å². The molecule has 10 nitrogen and oxygen atoms in total. The molecular weight excluding hydrogens is 420 g/mol. The number of carbonyl (C=O) groups is 1. The van der Waals surface area contributed by atoms with Gasteiger partial charge in [0.15, 0.2) is 11.5 Å². The highest BCUT2D eigenvalue weighted by molar-refractivity contribution is 5.88. The highest BCUT2D eigenvalue weighted by Crippen LogP contribution is 2.21. The number of anilines is 2. The Hall–Kier alpha value is -4.34. The van der Waals surface area contributed by atoms with Gasteiger partial charge in [0.2, 0.25) is 0 Å². The second-order valence-corrected chi connectivity index (χ2v) is 8.33. The van der Waals surface area contributed by atoms with E-state index in [4.69, 9.17) is 4.74 Å². The average molecular weight is 444 g/mol. The quantitative estimate of drug-likeness (QED) is 0.348. The Bertz CT molecular complexity index is 1290. The van der Waals surface area contributed by atoms with Crippen LogP contribution in [0, 0.1) is 6.92 Å². The number of fused-ring (bicyclic) bond motifs is 1. The molecule has 0 saturated heterocycles. The van der Waals surface area contributed by atoms with E-state index in [1.54, 1.807) is 56.2 Å². The lowest BCUT2D eigenvalue weighted by Crippen LogP contribution is -2.27. The Balaban J connectivity index is 1.44. The molecule has 0 spiro atoms. The van der Waals surface area contributed by atoms with Gasteiger partial charge in [-0.05, 0) is 52.0 Å². The highest BCUT2D eigenvalue weighted by atomic mass is 16.6. The number of hydrogen-bond donors (Lipinski definition) is 2. The molecule has 1 amide bonds. The van der Waals surface area contributed by atoms with Crippen molar-refractivity contribution in [2.24, 2.45) is 5.10 Å². The molecule has 10 heteroatoms. The van der Waals surface area contributed by atoms with Crippen LogP contribution in [-0.2, 0) is 4.74 Å². The number of amides is 1. The van der Waals surface area contributed by atoms with Crippen LogP contribution in [0.1, 0.15) is 31.9 Å². The third kappa shape index (κ3) is 5.48. The van der Waals surface area contributed by atoms with Gasteiger partial charge in [0.1, 0.15) is 17.7 Å². The summed E-state index contributed by atoms with van der Waals surface area (Å²) in [4.78, 5) is 24.7. The summed E-state index contributed by atoms with van der Waals surface area (Å²) >= 11 is 0. The number of ether oxygens (including phenoxy) is 1. The number of carbonyl (C=O) groups excluding carboxylic acids is 1. The van der Waals surface area contributed by atoms with Gasteiger partial charge < -0.3 is 4.74 Å². The van der Waals surface area contributed by atoms with E-state index in [2.05, 4.69) is 35.9 Å². The van der Waals surface area contributed by atoms with Gasteiger partial charge >= 0.3 is 6.09 Å². The van der Waals surface area contributed by atoms with Gasteiger partial charge in [-0.3, -0.25) is 10.7 Å². The van der Waals surface area contributed by atoms with Crippen molar-refractivity contribution in [3.8, 4) is 5.69 Å². The normalized spacial score (nSPS) is 11.6. The number of pyridine rings is 1. The number of nitrogens with zero attached hydrogens (tertiary/aromatic N) is 6. The van der Waals surface area contributed by atoms with E-state index in [1.165, 1.54) is 11.9 Å². The van der Waals surface area contributed by atoms with Gasteiger partial charge in [0, 0.05) is 11.8 Å². The molecule has 168 valence electrons. The first-order valence-electron chi connectivity index (χ1n) is 10.3. The first kappa shape index (κ1) is 21.9. The number of hydrogen-bond acceptors (Lipinski definition) is 8. The van der Waals surface area contributed by atoms with Gasteiger partial charge in [-0.25, -0.2) is 24.4 Å². The minimum Gasteiger partial charge on any atom is -0.444 e. The second-order valence-electron chi connectivity index (χ2n) is 8.33. The van der Waals surface area contributed by atoms with Crippen molar-refractivity contribution < 1.29 is 9.53 Å². The lowest BCUT2D eigenvalue weighted by molar-refractivity contribution is 0.0635. The van der Waals surface area contributed by atoms with Crippen molar-refractivity contribution in [2.45, 2.75) is 33.3 Å². The predicted octanol–water partition coefficient (Wildman–Crippen LogP) is 4.31. The van der Waals surface area contributed by atoms with Crippen LogP contribution < -0.4 is 10.7 Å². The molecule has 3 aromatic heterocycles. The summed E-state index contributed by atoms with van der Waals surface area (Å²) in [5, 5.41) is 12.0. The van der Waals surface area contributed by atoms with Crippen LogP contribution >= 0.6 is 0 Å². The molecule has 2 N–H and O–H groups in total. The zero-order chi connectivity index (χ0) is 23.4. The number of nitrogens with one attached hydrogen (secondary N) is 2. The van der Waals surface area contributed by atoms with Gasteiger partial charge in [-0.2, -0.15) is 10.2 Å². The Morgan fingerprint density at radius 3 is 2.55 bits per heavy atom. The molecule has 0 aliphatic rings. The molecule has 33 heavy (non-hydrogen) atoms. The fourth-order valence-corrected chi connectivity index (χ4v) is 2.94. The van der Waals surface area contributed by atoms with Crippen LogP contribution in [-0.4, -0.2) is 42.6 Å². The van der Waals surface area contributed by atoms with Crippen molar-refractivity contribution in [1.29, 1.82) is 0 Å². The van der Waals surface area contributed by atoms with Gasteiger partial charge in [-0.15, -0.1) is 0 Å². The Morgan fingerprint density at radius 2 is 1.85 bits per heavy atom. The molecule has 0 radical (unpaired) electrons. The predicted molar refractivity (Wildman–Crippen MR) is 127 cm³/mol. The number of hydrazone groups is 1. The van der Waals surface area contributed by atoms with Gasteiger partial charge in [-0.1, -0.05) is 17.7 Å². The zero-order valence-electron chi connectivity index (χ0n) is 18.8. The van der Waals surface area contributed by atoms with E-state index in [9.17, 15) is 4.79 Å². The summed E-state index contributed by atoms with van der Waals surface area (Å²) in [5.74, 6) is 0.918. The largest absolute Gasteiger partial charge is 0.444 e. The molecule has 0 aliphatic carbocycles. The van der Waals surface area contributed by atoms with Crippen LogP contribution in [0.3, 0.4) is 0 Å². The topological polar surface area (TPSA) is 119 Å². The van der Waals surface area contributed by atoms with Crippen LogP contribution in [0.2, 0.25) is 0 Å². The highest BCUT2D eigenvalue weighted by Gasteiger charge is 2.16. The van der Waals surface area contributed by atoms with Crippen molar-refractivity contribution >= 4 is 35.0 Å². The summed E-state index contributed by atoms with van der Waals surface area (Å²) in [6.07, 6.45) is 5.79. The summed E-state index contributed by atoms with van der Waals surface area (Å²) < 4.78 is 6.97. The second kappa shape index (κ2) is 9.03. The van der Waals surface area contributed by atoms with Crippen LogP contribution in [0.15, 0.2) is 60.2 Å². The number of aryl methyl sites for hydroxylation is 1. The average Bonchev–Trinajstić information content (AvgIpc) is 3.19. The SMILES string of the molecule is Cc1ccc(-n2ncc3c(N/N=C/c4ccc(NC(=O)OC(C)(C)C)nc4)ncnc32)cc1. The van der Waals surface area contributed by atoms with E-state index in [-0.39, 0.29) is 0 Å². The van der Waals surface area contributed by atoms with Crippen molar-refractivity contribution in [3.63, 3.8) is 0 Å². The molecular formula is C23H24N8O2. The molecule has 1 aromatic carbocycles. The van der Waals surface area contributed by atoms with Crippen LogP contribution in [0.25, 0.3) is 16.7 Å². The molecule has 0 bridgehead atoms. The fourth-order valence-electron chi connectivity index (χ4n) is 2.94. The van der Waals surface area contributed by atoms with Crippen molar-refractivity contribution in [2.75, 3.05) is 10.7 Å². The summed E-state index contributed by atoms with van der Waals surface area (Å²) in [6, 6.07) is 11.5. The van der Waals surface area contributed by atoms with E-state index >= 15 is 0 Å². The maximum Gasteiger partial charge on any atom is 0.413 e. The van der Waals surface area contributed by atoms with Gasteiger partial charge in [0.05, 0.1) is 23.5 Å². The lowest BCUT2D eigenvalue weighted by atomic mass is 10.2. The van der Waals surface area contributed by atoms with Crippen molar-refractivity contribution in [1.82, 2.24) is 24.7 Å². The Labute approximate surface area is 190 Å². The monoisotopic (exact) mass is 444 g/mol. The zero-order valence-corrected chi connectivity index (χ0v) is 18.8. The molecule has 0 saturated carbocycles. The van der Waals surface area contributed by atoms with Crippen LogP contribution in [0.5, 0.6) is 0 Å². The first-order chi connectivity index (χ1) is 15.8. The summed E-state index contributed by atoms with van der Waals surface area (Å²) in [7, 11) is 0. The number of aromatic nitrogens is 5. The maximum atomic E-state index is 11.8. The molecule has 3 heterocycles. The molecule has 4 aromatic rings. The third-order valence-electron chi connectivity index (χ3n) is 4.44. The van der Waals surface area contributed by atoms with E-state index in [0.717, 1.165) is 16.6 Å². The number of benzene rings is 1. The smallest absolute Gasteiger partial charge is 0.413 e. The summed E-state index contributed by atoms with van der Waals surface area (Å²) in [6.45, 7) is 7.43. The Morgan fingerprint density at radius 1 is 1.06 bits per heavy atom. The first-order valence-corrected chi connectivity index (χ1v) is 10.3.